The van der Waals surface area contributed by atoms with Crippen molar-refractivity contribution in [1.82, 2.24) is 5.32 Å². The van der Waals surface area contributed by atoms with Crippen molar-refractivity contribution in [2.24, 2.45) is 0 Å². The van der Waals surface area contributed by atoms with E-state index in [2.05, 4.69) is 177 Å². The van der Waals surface area contributed by atoms with Gasteiger partial charge in [-0.25, -0.2) is 0 Å². The third-order valence-corrected chi connectivity index (χ3v) is 11.2. The Balaban J connectivity index is 3.78. The molecule has 2 atom stereocenters. The molecule has 0 fully saturated rings. The van der Waals surface area contributed by atoms with Crippen molar-refractivity contribution in [2.45, 2.75) is 219 Å². The lowest BCUT2D eigenvalue weighted by Gasteiger charge is -2.19. The predicted molar refractivity (Wildman–Crippen MR) is 303 cm³/mol. The topological polar surface area (TPSA) is 69.6 Å². The van der Waals surface area contributed by atoms with E-state index in [9.17, 15) is 15.0 Å². The Morgan fingerprint density at radius 1 is 0.368 bits per heavy atom. The van der Waals surface area contributed by atoms with Crippen LogP contribution >= 0.6 is 0 Å². The summed E-state index contributed by atoms with van der Waals surface area (Å²) in [5.41, 5.74) is 0. The van der Waals surface area contributed by atoms with Crippen molar-refractivity contribution in [3.63, 3.8) is 0 Å². The number of rotatable bonds is 47. The number of aliphatic hydroxyl groups excluding tert-OH is 2. The molecule has 0 heterocycles. The first-order chi connectivity index (χ1) is 33.7. The number of nitrogens with one attached hydrogen (secondary N) is 1. The van der Waals surface area contributed by atoms with Gasteiger partial charge in [0.15, 0.2) is 0 Å². The lowest BCUT2D eigenvalue weighted by atomic mass is 10.1. The van der Waals surface area contributed by atoms with Crippen LogP contribution in [0.4, 0.5) is 0 Å². The average molecular weight is 933 g/mol. The van der Waals surface area contributed by atoms with Gasteiger partial charge in [-0.3, -0.25) is 4.79 Å². The largest absolute Gasteiger partial charge is 0.394 e. The van der Waals surface area contributed by atoms with Crippen LogP contribution in [0, 0.1) is 0 Å². The van der Waals surface area contributed by atoms with E-state index in [4.69, 9.17) is 0 Å². The molecule has 0 aliphatic heterocycles. The van der Waals surface area contributed by atoms with Crippen LogP contribution in [0.3, 0.4) is 0 Å². The maximum Gasteiger partial charge on any atom is 0.220 e. The molecule has 68 heavy (non-hydrogen) atoms. The number of hydrogen-bond acceptors (Lipinski definition) is 3. The normalized spacial score (nSPS) is 14.2. The highest BCUT2D eigenvalue weighted by Crippen LogP contribution is 2.11. The van der Waals surface area contributed by atoms with Gasteiger partial charge in [0.2, 0.25) is 5.91 Å². The first kappa shape index (κ1) is 63.8. The predicted octanol–water partition coefficient (Wildman–Crippen LogP) is 18.4. The minimum atomic E-state index is -0.898. The summed E-state index contributed by atoms with van der Waals surface area (Å²) in [7, 11) is 0. The summed E-state index contributed by atoms with van der Waals surface area (Å²) in [6, 6.07) is -0.677. The van der Waals surface area contributed by atoms with E-state index in [0.29, 0.717) is 6.42 Å². The van der Waals surface area contributed by atoms with Crippen LogP contribution in [-0.4, -0.2) is 34.9 Å². The van der Waals surface area contributed by atoms with Crippen LogP contribution in [0.5, 0.6) is 0 Å². The van der Waals surface area contributed by atoms with Gasteiger partial charge in [0, 0.05) is 6.42 Å². The minimum Gasteiger partial charge on any atom is -0.394 e. The maximum absolute atomic E-state index is 12.4. The van der Waals surface area contributed by atoms with Crippen LogP contribution in [0.25, 0.3) is 0 Å². The van der Waals surface area contributed by atoms with E-state index in [1.165, 1.54) is 64.2 Å². The minimum absolute atomic E-state index is 0.118. The molecule has 0 saturated carbocycles. The van der Waals surface area contributed by atoms with E-state index in [1.807, 2.05) is 6.08 Å². The Morgan fingerprint density at radius 2 is 0.662 bits per heavy atom. The summed E-state index contributed by atoms with van der Waals surface area (Å²) >= 11 is 0. The van der Waals surface area contributed by atoms with Gasteiger partial charge in [-0.15, -0.1) is 0 Å². The van der Waals surface area contributed by atoms with Crippen LogP contribution < -0.4 is 5.32 Å². The molecule has 3 N–H and O–H groups in total. The van der Waals surface area contributed by atoms with Crippen molar-refractivity contribution in [3.05, 3.63) is 170 Å². The zero-order chi connectivity index (χ0) is 49.2. The summed E-state index contributed by atoms with van der Waals surface area (Å²) in [5.74, 6) is -0.118. The quantitative estimate of drug-likeness (QED) is 0.0421. The Labute approximate surface area is 419 Å². The summed E-state index contributed by atoms with van der Waals surface area (Å²) in [6.07, 6.45) is 93.5. The zero-order valence-electron chi connectivity index (χ0n) is 43.5. The van der Waals surface area contributed by atoms with Crippen LogP contribution in [0.2, 0.25) is 0 Å². The second-order valence-corrected chi connectivity index (χ2v) is 17.5. The molecule has 0 saturated heterocycles. The Bertz CT molecular complexity index is 1520. The molecule has 0 rings (SSSR count). The molecule has 4 nitrogen and oxygen atoms in total. The first-order valence-corrected chi connectivity index (χ1v) is 27.3. The smallest absolute Gasteiger partial charge is 0.220 e. The van der Waals surface area contributed by atoms with Crippen molar-refractivity contribution >= 4 is 5.91 Å². The maximum atomic E-state index is 12.4. The number of aliphatic hydroxyl groups is 2. The summed E-state index contributed by atoms with van der Waals surface area (Å²) in [5, 5.41) is 23.1. The molecule has 0 spiro atoms. The lowest BCUT2D eigenvalue weighted by molar-refractivity contribution is -0.123. The van der Waals surface area contributed by atoms with E-state index in [1.54, 1.807) is 6.08 Å². The Morgan fingerprint density at radius 3 is 1.03 bits per heavy atom. The number of allylic oxidation sites excluding steroid dienone is 27. The molecular weight excluding hydrogens is 831 g/mol. The monoisotopic (exact) mass is 932 g/mol. The van der Waals surface area contributed by atoms with Gasteiger partial charge in [-0.1, -0.05) is 242 Å². The van der Waals surface area contributed by atoms with E-state index >= 15 is 0 Å². The number of unbranched alkanes of at least 4 members (excludes halogenated alkanes) is 14. The van der Waals surface area contributed by atoms with E-state index in [-0.39, 0.29) is 12.5 Å². The highest BCUT2D eigenvalue weighted by molar-refractivity contribution is 5.76. The van der Waals surface area contributed by atoms with Gasteiger partial charge < -0.3 is 15.5 Å². The molecule has 4 heteroatoms. The molecule has 380 valence electrons. The molecule has 0 aromatic carbocycles. The highest BCUT2D eigenvalue weighted by atomic mass is 16.3. The van der Waals surface area contributed by atoms with E-state index in [0.717, 1.165) is 122 Å². The van der Waals surface area contributed by atoms with Gasteiger partial charge in [0.25, 0.3) is 0 Å². The van der Waals surface area contributed by atoms with Gasteiger partial charge in [0.05, 0.1) is 18.8 Å². The first-order valence-electron chi connectivity index (χ1n) is 27.3. The molecule has 0 aromatic rings. The van der Waals surface area contributed by atoms with E-state index < -0.39 is 12.1 Å². The second-order valence-electron chi connectivity index (χ2n) is 17.5. The summed E-state index contributed by atoms with van der Waals surface area (Å²) < 4.78 is 0. The van der Waals surface area contributed by atoms with Gasteiger partial charge >= 0.3 is 0 Å². The van der Waals surface area contributed by atoms with Crippen molar-refractivity contribution < 1.29 is 15.0 Å². The Kier molecular flexibility index (Phi) is 53.5. The number of amides is 1. The van der Waals surface area contributed by atoms with Crippen molar-refractivity contribution in [2.75, 3.05) is 6.61 Å². The second kappa shape index (κ2) is 57.1. The fraction of sp³-hybridized carbons (Fsp3) is 0.547. The summed E-state index contributed by atoms with van der Waals surface area (Å²) in [4.78, 5) is 12.4. The van der Waals surface area contributed by atoms with Crippen LogP contribution in [-0.2, 0) is 4.79 Å². The lowest BCUT2D eigenvalue weighted by Crippen LogP contribution is -2.45. The zero-order valence-corrected chi connectivity index (χ0v) is 43.5. The van der Waals surface area contributed by atoms with Gasteiger partial charge in [0.1, 0.15) is 0 Å². The molecule has 0 aliphatic carbocycles. The molecular formula is C64H101NO3. The standard InChI is InChI=1S/C64H101NO3/c1-3-5-7-9-11-13-15-17-19-21-23-24-25-26-27-28-29-30-31-32-33-34-35-36-37-38-39-40-42-44-46-48-50-52-54-56-58-60-64(68)65-62(61-66)63(67)59-57-55-53-51-49-47-45-43-41-22-20-18-16-14-12-10-8-6-4-2/h5,7,11,13,17,19,23-24,26-27,29-30,32-33,35-36,38-39,41-44,48-51,57,59,62-63,66-67H,3-4,6,8-10,12,14-16,18,20-22,25,28,31,34,37,40,45-47,52-56,58,60-61H2,1-2H3,(H,65,68)/b7-5-,13-11-,19-17-,24-23-,27-26-,30-29-,33-32-,36-35-,39-38-,43-41+,44-42-,50-48-,51-49+,59-57+. The third-order valence-electron chi connectivity index (χ3n) is 11.2. The van der Waals surface area contributed by atoms with Gasteiger partial charge in [-0.2, -0.15) is 0 Å². The van der Waals surface area contributed by atoms with Crippen molar-refractivity contribution in [1.29, 1.82) is 0 Å². The fourth-order valence-electron chi connectivity index (χ4n) is 7.04. The molecule has 2 unspecified atom stereocenters. The number of carbonyl (C=O) groups is 1. The molecule has 0 bridgehead atoms. The van der Waals surface area contributed by atoms with Crippen LogP contribution in [0.1, 0.15) is 206 Å². The molecule has 1 amide bonds. The molecule has 0 aliphatic rings. The van der Waals surface area contributed by atoms with Gasteiger partial charge in [-0.05, 0) is 128 Å². The average Bonchev–Trinajstić information content (AvgIpc) is 3.34. The molecule has 0 radical (unpaired) electrons. The number of carbonyl (C=O) groups excluding carboxylic acids is 1. The van der Waals surface area contributed by atoms with Crippen LogP contribution in [0.15, 0.2) is 170 Å². The third kappa shape index (κ3) is 52.7. The summed E-state index contributed by atoms with van der Waals surface area (Å²) in [6.45, 7) is 4.15. The molecule has 0 aromatic heterocycles. The van der Waals surface area contributed by atoms with Crippen molar-refractivity contribution in [3.8, 4) is 0 Å². The number of hydrogen-bond donors (Lipinski definition) is 3. The SMILES string of the molecule is CC/C=C\C/C=C\C/C=C\C/C=C\C/C=C\C/C=C\C/C=C\C/C=C\C/C=C\C/C=C\C/C=C\CCCCCC(=O)NC(CO)C(O)/C=C/CC/C=C/CC/C=C/CCCCCCCCCCC. The Hall–Kier alpha value is -4.25. The fourth-order valence-corrected chi connectivity index (χ4v) is 7.04. The highest BCUT2D eigenvalue weighted by Gasteiger charge is 2.17.